The van der Waals surface area contributed by atoms with E-state index in [1.54, 1.807) is 25.1 Å². The standard InChI is InChI=1S/C29H29F3N2O2/c1-21(35)28(25-7-3-2-4-8-25)14-16-34(17-15-28)20-22-10-12-24(13-11-22)27(36)33-19-23-6-5-9-26(18-23)29(30,31)32/h2-13,18H,14-17,19-20H2,1H3,(H,33,36). The fraction of sp³-hybridized carbons (Fsp3) is 0.310. The van der Waals surface area contributed by atoms with Crippen molar-refractivity contribution in [2.75, 3.05) is 13.1 Å². The summed E-state index contributed by atoms with van der Waals surface area (Å²) in [5.74, 6) is -0.139. The zero-order chi connectivity index (χ0) is 25.8. The molecule has 4 rings (SSSR count). The van der Waals surface area contributed by atoms with Gasteiger partial charge in [-0.1, -0.05) is 54.6 Å². The molecule has 7 heteroatoms. The van der Waals surface area contributed by atoms with Crippen LogP contribution in [0.5, 0.6) is 0 Å². The average Bonchev–Trinajstić information content (AvgIpc) is 2.88. The van der Waals surface area contributed by atoms with E-state index in [1.807, 2.05) is 42.5 Å². The molecule has 1 heterocycles. The van der Waals surface area contributed by atoms with Crippen LogP contribution in [0, 0.1) is 0 Å². The third-order valence-electron chi connectivity index (χ3n) is 7.04. The van der Waals surface area contributed by atoms with E-state index in [0.717, 1.165) is 55.7 Å². The highest BCUT2D eigenvalue weighted by molar-refractivity contribution is 5.94. The van der Waals surface area contributed by atoms with Crippen LogP contribution in [0.1, 0.15) is 52.4 Å². The number of benzene rings is 3. The molecule has 0 saturated carbocycles. The predicted molar refractivity (Wildman–Crippen MR) is 132 cm³/mol. The zero-order valence-electron chi connectivity index (χ0n) is 20.1. The normalized spacial score (nSPS) is 15.9. The maximum atomic E-state index is 12.9. The Morgan fingerprint density at radius 1 is 0.889 bits per heavy atom. The number of carbonyl (C=O) groups excluding carboxylic acids is 2. The quantitative estimate of drug-likeness (QED) is 0.455. The van der Waals surface area contributed by atoms with E-state index in [2.05, 4.69) is 10.2 Å². The first-order chi connectivity index (χ1) is 17.2. The van der Waals surface area contributed by atoms with E-state index in [1.165, 1.54) is 6.07 Å². The summed E-state index contributed by atoms with van der Waals surface area (Å²) in [5.41, 5.74) is 1.80. The van der Waals surface area contributed by atoms with Crippen molar-refractivity contribution in [3.8, 4) is 0 Å². The Labute approximate surface area is 209 Å². The molecule has 3 aromatic carbocycles. The number of nitrogens with zero attached hydrogens (tertiary/aromatic N) is 1. The number of Topliss-reactive ketones (excluding diaryl/α,β-unsaturated/α-hetero) is 1. The molecule has 3 aromatic rings. The van der Waals surface area contributed by atoms with E-state index in [4.69, 9.17) is 0 Å². The fourth-order valence-corrected chi connectivity index (χ4v) is 4.86. The lowest BCUT2D eigenvalue weighted by molar-refractivity contribution is -0.137. The number of carbonyl (C=O) groups is 2. The second-order valence-corrected chi connectivity index (χ2v) is 9.36. The van der Waals surface area contributed by atoms with E-state index < -0.39 is 17.2 Å². The second-order valence-electron chi connectivity index (χ2n) is 9.36. The molecular formula is C29H29F3N2O2. The smallest absolute Gasteiger partial charge is 0.348 e. The van der Waals surface area contributed by atoms with Gasteiger partial charge in [0, 0.05) is 18.7 Å². The molecule has 188 valence electrons. The van der Waals surface area contributed by atoms with Crippen LogP contribution in [0.15, 0.2) is 78.9 Å². The topological polar surface area (TPSA) is 49.4 Å². The van der Waals surface area contributed by atoms with Crippen molar-refractivity contribution < 1.29 is 22.8 Å². The Kier molecular flexibility index (Phi) is 7.59. The molecular weight excluding hydrogens is 465 g/mol. The maximum Gasteiger partial charge on any atom is 0.416 e. The van der Waals surface area contributed by atoms with Crippen molar-refractivity contribution in [1.82, 2.24) is 10.2 Å². The zero-order valence-corrected chi connectivity index (χ0v) is 20.1. The molecule has 1 fully saturated rings. The highest BCUT2D eigenvalue weighted by atomic mass is 19.4. The van der Waals surface area contributed by atoms with Crippen LogP contribution in [0.2, 0.25) is 0 Å². The van der Waals surface area contributed by atoms with Crippen molar-refractivity contribution in [2.24, 2.45) is 0 Å². The van der Waals surface area contributed by atoms with Gasteiger partial charge in [-0.25, -0.2) is 0 Å². The largest absolute Gasteiger partial charge is 0.416 e. The lowest BCUT2D eigenvalue weighted by atomic mass is 9.70. The SMILES string of the molecule is CC(=O)C1(c2ccccc2)CCN(Cc2ccc(C(=O)NCc3cccc(C(F)(F)F)c3)cc2)CC1. The maximum absolute atomic E-state index is 12.9. The Hall–Kier alpha value is -3.45. The number of piperidine rings is 1. The summed E-state index contributed by atoms with van der Waals surface area (Å²) in [6.07, 6.45) is -2.88. The second kappa shape index (κ2) is 10.7. The van der Waals surface area contributed by atoms with E-state index in [9.17, 15) is 22.8 Å². The van der Waals surface area contributed by atoms with Crippen LogP contribution in [0.25, 0.3) is 0 Å². The van der Waals surface area contributed by atoms with Gasteiger partial charge in [0.05, 0.1) is 11.0 Å². The van der Waals surface area contributed by atoms with E-state index in [0.29, 0.717) is 11.1 Å². The van der Waals surface area contributed by atoms with Gasteiger partial charge in [-0.15, -0.1) is 0 Å². The molecule has 0 unspecified atom stereocenters. The lowest BCUT2D eigenvalue weighted by Crippen LogP contribution is -2.46. The van der Waals surface area contributed by atoms with Crippen LogP contribution in [0.3, 0.4) is 0 Å². The monoisotopic (exact) mass is 494 g/mol. The van der Waals surface area contributed by atoms with Crippen LogP contribution >= 0.6 is 0 Å². The summed E-state index contributed by atoms with van der Waals surface area (Å²) in [6, 6.07) is 22.2. The highest BCUT2D eigenvalue weighted by Gasteiger charge is 2.40. The van der Waals surface area contributed by atoms with Gasteiger partial charge < -0.3 is 5.32 Å². The fourth-order valence-electron chi connectivity index (χ4n) is 4.86. The third kappa shape index (κ3) is 5.85. The van der Waals surface area contributed by atoms with Crippen molar-refractivity contribution in [1.29, 1.82) is 0 Å². The molecule has 1 N–H and O–H groups in total. The van der Waals surface area contributed by atoms with Gasteiger partial charge in [-0.05, 0) is 73.8 Å². The molecule has 0 atom stereocenters. The first-order valence-corrected chi connectivity index (χ1v) is 12.0. The third-order valence-corrected chi connectivity index (χ3v) is 7.04. The van der Waals surface area contributed by atoms with Crippen molar-refractivity contribution in [3.05, 3.63) is 107 Å². The van der Waals surface area contributed by atoms with Gasteiger partial charge in [0.2, 0.25) is 0 Å². The first kappa shape index (κ1) is 25.6. The lowest BCUT2D eigenvalue weighted by Gasteiger charge is -2.40. The van der Waals surface area contributed by atoms with Crippen LogP contribution in [-0.2, 0) is 29.5 Å². The van der Waals surface area contributed by atoms with Gasteiger partial charge >= 0.3 is 6.18 Å². The molecule has 0 spiro atoms. The van der Waals surface area contributed by atoms with Crippen molar-refractivity contribution in [3.63, 3.8) is 0 Å². The van der Waals surface area contributed by atoms with Gasteiger partial charge in [-0.2, -0.15) is 13.2 Å². The van der Waals surface area contributed by atoms with Crippen LogP contribution in [-0.4, -0.2) is 29.7 Å². The molecule has 0 radical (unpaired) electrons. The molecule has 0 bridgehead atoms. The number of likely N-dealkylation sites (tertiary alicyclic amines) is 1. The number of amides is 1. The first-order valence-electron chi connectivity index (χ1n) is 12.0. The molecule has 36 heavy (non-hydrogen) atoms. The van der Waals surface area contributed by atoms with Gasteiger partial charge in [0.25, 0.3) is 5.91 Å². The van der Waals surface area contributed by atoms with Crippen LogP contribution < -0.4 is 5.32 Å². The summed E-state index contributed by atoms with van der Waals surface area (Å²) >= 11 is 0. The molecule has 0 aliphatic carbocycles. The predicted octanol–water partition coefficient (Wildman–Crippen LogP) is 5.76. The molecule has 1 saturated heterocycles. The molecule has 4 nitrogen and oxygen atoms in total. The molecule has 1 aliphatic rings. The van der Waals surface area contributed by atoms with Crippen molar-refractivity contribution in [2.45, 2.75) is 44.4 Å². The number of hydrogen-bond donors (Lipinski definition) is 1. The summed E-state index contributed by atoms with van der Waals surface area (Å²) in [5, 5.41) is 2.68. The van der Waals surface area contributed by atoms with E-state index in [-0.39, 0.29) is 18.2 Å². The number of rotatable bonds is 7. The summed E-state index contributed by atoms with van der Waals surface area (Å²) in [7, 11) is 0. The molecule has 0 aromatic heterocycles. The Bertz CT molecular complexity index is 1200. The Morgan fingerprint density at radius 3 is 2.17 bits per heavy atom. The van der Waals surface area contributed by atoms with Gasteiger partial charge in [0.1, 0.15) is 5.78 Å². The summed E-state index contributed by atoms with van der Waals surface area (Å²) in [6.45, 7) is 4.01. The summed E-state index contributed by atoms with van der Waals surface area (Å²) < 4.78 is 38.6. The average molecular weight is 495 g/mol. The van der Waals surface area contributed by atoms with Crippen molar-refractivity contribution >= 4 is 11.7 Å². The Morgan fingerprint density at radius 2 is 1.56 bits per heavy atom. The number of alkyl halides is 3. The summed E-state index contributed by atoms with van der Waals surface area (Å²) in [4.78, 5) is 27.4. The minimum Gasteiger partial charge on any atom is -0.348 e. The number of hydrogen-bond acceptors (Lipinski definition) is 3. The highest BCUT2D eigenvalue weighted by Crippen LogP contribution is 2.37. The molecule has 1 amide bonds. The van der Waals surface area contributed by atoms with Gasteiger partial charge in [0.15, 0.2) is 0 Å². The molecule has 1 aliphatic heterocycles. The number of ketones is 1. The number of nitrogens with one attached hydrogen (secondary N) is 1. The van der Waals surface area contributed by atoms with Crippen LogP contribution in [0.4, 0.5) is 13.2 Å². The number of halogens is 3. The van der Waals surface area contributed by atoms with E-state index >= 15 is 0 Å². The Balaban J connectivity index is 1.32. The van der Waals surface area contributed by atoms with Gasteiger partial charge in [-0.3, -0.25) is 14.5 Å². The minimum absolute atomic E-state index is 0.0115. The minimum atomic E-state index is -4.42.